The summed E-state index contributed by atoms with van der Waals surface area (Å²) in [6.45, 7) is 8.06. The summed E-state index contributed by atoms with van der Waals surface area (Å²) in [4.78, 5) is 26.6. The van der Waals surface area contributed by atoms with Crippen LogP contribution in [0, 0.1) is 0 Å². The highest BCUT2D eigenvalue weighted by molar-refractivity contribution is 5.81. The number of carbonyl (C=O) groups is 1. The number of morpholine rings is 1. The molecule has 1 aliphatic rings. The summed E-state index contributed by atoms with van der Waals surface area (Å²) < 4.78 is 6.95. The van der Waals surface area contributed by atoms with Gasteiger partial charge >= 0.3 is 0 Å². The average molecular weight is 344 g/mol. The Labute approximate surface area is 146 Å². The zero-order valence-corrected chi connectivity index (χ0v) is 14.7. The van der Waals surface area contributed by atoms with Crippen molar-refractivity contribution in [3.63, 3.8) is 0 Å². The number of hydrogen-bond donors (Lipinski definition) is 1. The van der Waals surface area contributed by atoms with Crippen LogP contribution in [-0.4, -0.2) is 59.0 Å². The van der Waals surface area contributed by atoms with Gasteiger partial charge in [0, 0.05) is 30.6 Å². The summed E-state index contributed by atoms with van der Waals surface area (Å²) in [5.74, 6) is -0.123. The highest BCUT2D eigenvalue weighted by atomic mass is 16.5. The molecule has 0 unspecified atom stereocenters. The number of ether oxygens (including phenoxy) is 1. The van der Waals surface area contributed by atoms with Crippen molar-refractivity contribution >= 4 is 16.8 Å². The van der Waals surface area contributed by atoms with Gasteiger partial charge < -0.3 is 10.1 Å². The first-order chi connectivity index (χ1) is 12.0. The van der Waals surface area contributed by atoms with Crippen molar-refractivity contribution < 1.29 is 9.53 Å². The maximum absolute atomic E-state index is 12.4. The number of amides is 1. The minimum Gasteiger partial charge on any atom is -0.379 e. The lowest BCUT2D eigenvalue weighted by molar-refractivity contribution is -0.122. The van der Waals surface area contributed by atoms with Crippen LogP contribution in [0.4, 0.5) is 0 Å². The van der Waals surface area contributed by atoms with Crippen LogP contribution in [0.15, 0.2) is 35.3 Å². The van der Waals surface area contributed by atoms with E-state index in [9.17, 15) is 9.59 Å². The number of rotatable bonds is 5. The van der Waals surface area contributed by atoms with E-state index in [1.807, 2.05) is 6.07 Å². The molecule has 3 rings (SSSR count). The molecule has 1 saturated heterocycles. The first-order valence-electron chi connectivity index (χ1n) is 8.52. The Morgan fingerprint density at radius 1 is 1.28 bits per heavy atom. The van der Waals surface area contributed by atoms with Crippen LogP contribution in [0.5, 0.6) is 0 Å². The molecule has 1 fully saturated rings. The Bertz CT molecular complexity index is 809. The second-order valence-electron chi connectivity index (χ2n) is 6.87. The molecule has 0 spiro atoms. The highest BCUT2D eigenvalue weighted by Crippen LogP contribution is 2.15. The van der Waals surface area contributed by atoms with E-state index in [0.29, 0.717) is 17.4 Å². The van der Waals surface area contributed by atoms with E-state index >= 15 is 0 Å². The summed E-state index contributed by atoms with van der Waals surface area (Å²) in [5.41, 5.74) is 0.386. The molecular formula is C18H24N4O3. The van der Waals surface area contributed by atoms with Crippen molar-refractivity contribution in [2.45, 2.75) is 25.9 Å². The zero-order valence-electron chi connectivity index (χ0n) is 14.7. The predicted octanol–water partition coefficient (Wildman–Crippen LogP) is 0.623. The van der Waals surface area contributed by atoms with Gasteiger partial charge in [-0.05, 0) is 26.0 Å². The lowest BCUT2D eigenvalue weighted by Gasteiger charge is -2.40. The van der Waals surface area contributed by atoms with E-state index in [-0.39, 0.29) is 23.4 Å². The Kier molecular flexibility index (Phi) is 5.15. The number of nitrogens with zero attached hydrogens (tertiary/aromatic N) is 3. The van der Waals surface area contributed by atoms with Gasteiger partial charge in [-0.2, -0.15) is 5.10 Å². The normalized spacial score (nSPS) is 16.1. The minimum atomic E-state index is -0.140. The molecule has 0 atom stereocenters. The fourth-order valence-corrected chi connectivity index (χ4v) is 3.07. The summed E-state index contributed by atoms with van der Waals surface area (Å²) in [6, 6.07) is 7.18. The maximum Gasteiger partial charge on any atom is 0.241 e. The number of nitrogens with one attached hydrogen (secondary N) is 1. The van der Waals surface area contributed by atoms with Gasteiger partial charge in [-0.25, -0.2) is 0 Å². The van der Waals surface area contributed by atoms with Gasteiger partial charge in [-0.1, -0.05) is 12.1 Å². The van der Waals surface area contributed by atoms with Gasteiger partial charge in [0.25, 0.3) is 0 Å². The van der Waals surface area contributed by atoms with Crippen LogP contribution in [0.3, 0.4) is 0 Å². The molecule has 2 aromatic rings. The molecule has 1 aromatic carbocycles. The van der Waals surface area contributed by atoms with Gasteiger partial charge in [0.2, 0.25) is 11.3 Å². The second kappa shape index (κ2) is 7.33. The van der Waals surface area contributed by atoms with Gasteiger partial charge in [-0.3, -0.25) is 19.2 Å². The maximum atomic E-state index is 12.4. The molecule has 7 heteroatoms. The van der Waals surface area contributed by atoms with Gasteiger partial charge in [-0.15, -0.1) is 0 Å². The van der Waals surface area contributed by atoms with Crippen LogP contribution >= 0.6 is 0 Å². The summed E-state index contributed by atoms with van der Waals surface area (Å²) in [6.07, 6.45) is 1.26. The van der Waals surface area contributed by atoms with E-state index in [1.165, 1.54) is 6.20 Å². The summed E-state index contributed by atoms with van der Waals surface area (Å²) in [7, 11) is 0. The molecule has 0 radical (unpaired) electrons. The third-order valence-corrected chi connectivity index (χ3v) is 4.64. The van der Waals surface area contributed by atoms with Crippen LogP contribution < -0.4 is 10.7 Å². The van der Waals surface area contributed by atoms with E-state index in [2.05, 4.69) is 29.2 Å². The highest BCUT2D eigenvalue weighted by Gasteiger charge is 2.28. The van der Waals surface area contributed by atoms with Gasteiger partial charge in [0.1, 0.15) is 6.54 Å². The van der Waals surface area contributed by atoms with E-state index < -0.39 is 0 Å². The Morgan fingerprint density at radius 3 is 2.76 bits per heavy atom. The molecule has 1 aliphatic heterocycles. The first-order valence-corrected chi connectivity index (χ1v) is 8.52. The van der Waals surface area contributed by atoms with Crippen LogP contribution in [0.2, 0.25) is 0 Å². The number of hydrogen-bond acceptors (Lipinski definition) is 5. The average Bonchev–Trinajstić information content (AvgIpc) is 2.63. The van der Waals surface area contributed by atoms with Crippen LogP contribution in [-0.2, 0) is 16.1 Å². The molecule has 0 saturated carbocycles. The molecule has 0 bridgehead atoms. The molecular weight excluding hydrogens is 320 g/mol. The fraction of sp³-hybridized carbons (Fsp3) is 0.500. The van der Waals surface area contributed by atoms with Crippen molar-refractivity contribution in [3.8, 4) is 0 Å². The van der Waals surface area contributed by atoms with Crippen molar-refractivity contribution in [2.75, 3.05) is 32.8 Å². The van der Waals surface area contributed by atoms with Crippen molar-refractivity contribution in [1.82, 2.24) is 20.0 Å². The minimum absolute atomic E-state index is 0.0833. The van der Waals surface area contributed by atoms with Gasteiger partial charge in [0.05, 0.1) is 24.9 Å². The molecule has 134 valence electrons. The third-order valence-electron chi connectivity index (χ3n) is 4.64. The lowest BCUT2D eigenvalue weighted by atomic mass is 10.0. The van der Waals surface area contributed by atoms with Crippen LogP contribution in [0.1, 0.15) is 13.8 Å². The van der Waals surface area contributed by atoms with Crippen LogP contribution in [0.25, 0.3) is 10.9 Å². The quantitative estimate of drug-likeness (QED) is 0.861. The Morgan fingerprint density at radius 2 is 2.00 bits per heavy atom. The lowest BCUT2D eigenvalue weighted by Crippen LogP contribution is -2.55. The van der Waals surface area contributed by atoms with Crippen molar-refractivity contribution in [3.05, 3.63) is 40.7 Å². The van der Waals surface area contributed by atoms with E-state index in [0.717, 1.165) is 26.3 Å². The number of carbonyl (C=O) groups excluding carboxylic acids is 1. The number of fused-ring (bicyclic) bond motifs is 1. The largest absolute Gasteiger partial charge is 0.379 e. The van der Waals surface area contributed by atoms with E-state index in [4.69, 9.17) is 4.74 Å². The molecule has 2 heterocycles. The van der Waals surface area contributed by atoms with E-state index in [1.54, 1.807) is 22.9 Å². The Balaban J connectivity index is 1.65. The van der Waals surface area contributed by atoms with Crippen molar-refractivity contribution in [1.29, 1.82) is 0 Å². The molecule has 1 N–H and O–H groups in total. The molecule has 1 amide bonds. The summed E-state index contributed by atoms with van der Waals surface area (Å²) in [5, 5.41) is 7.65. The molecule has 1 aromatic heterocycles. The zero-order chi connectivity index (χ0) is 17.9. The summed E-state index contributed by atoms with van der Waals surface area (Å²) >= 11 is 0. The molecule has 25 heavy (non-hydrogen) atoms. The standard InChI is InChI=1S/C18H24N4O3/c1-18(2,21-7-9-25-10-8-21)13-19-17(24)12-22-15-6-4-3-5-14(15)16(23)11-20-22/h3-6,11H,7-10,12-13H2,1-2H3,(H,19,24). The predicted molar refractivity (Wildman–Crippen MR) is 95.5 cm³/mol. The number of para-hydroxylation sites is 1. The topological polar surface area (TPSA) is 76.5 Å². The molecule has 0 aliphatic carbocycles. The first kappa shape index (κ1) is 17.6. The smallest absolute Gasteiger partial charge is 0.241 e. The number of aromatic nitrogens is 2. The molecule has 7 nitrogen and oxygen atoms in total. The van der Waals surface area contributed by atoms with Gasteiger partial charge in [0.15, 0.2) is 0 Å². The monoisotopic (exact) mass is 344 g/mol. The number of benzene rings is 1. The fourth-order valence-electron chi connectivity index (χ4n) is 3.07. The SMILES string of the molecule is CC(C)(CNC(=O)Cn1ncc(=O)c2ccccc21)N1CCOCC1. The second-order valence-corrected chi connectivity index (χ2v) is 6.87. The van der Waals surface area contributed by atoms with Crippen molar-refractivity contribution in [2.24, 2.45) is 0 Å². The third kappa shape index (κ3) is 4.05. The Hall–Kier alpha value is -2.25.